The van der Waals surface area contributed by atoms with Crippen LogP contribution in [0.15, 0.2) is 72.8 Å². The maximum Gasteiger partial charge on any atom is 0.193 e. The average Bonchev–Trinajstić information content (AvgIpc) is 2.69. The van der Waals surface area contributed by atoms with Crippen molar-refractivity contribution in [1.29, 1.82) is 0 Å². The van der Waals surface area contributed by atoms with Crippen LogP contribution in [0.5, 0.6) is 5.75 Å². The Morgan fingerprint density at radius 1 is 0.852 bits per heavy atom. The number of benzene rings is 3. The Kier molecular flexibility index (Phi) is 6.08. The van der Waals surface area contributed by atoms with E-state index < -0.39 is 0 Å². The highest BCUT2D eigenvalue weighted by atomic mass is 16.5. The Balaban J connectivity index is 1.85. The molecule has 0 unspecified atom stereocenters. The van der Waals surface area contributed by atoms with Gasteiger partial charge in [-0.05, 0) is 55.2 Å². The normalized spacial score (nSPS) is 10.8. The van der Waals surface area contributed by atoms with Crippen LogP contribution in [0.3, 0.4) is 0 Å². The van der Waals surface area contributed by atoms with Crippen LogP contribution in [0.2, 0.25) is 0 Å². The lowest BCUT2D eigenvalue weighted by Gasteiger charge is -2.15. The molecule has 2 nitrogen and oxygen atoms in total. The fourth-order valence-electron chi connectivity index (χ4n) is 3.17. The number of hydrogen-bond acceptors (Lipinski definition) is 2. The molecule has 3 aromatic carbocycles. The van der Waals surface area contributed by atoms with E-state index in [2.05, 4.69) is 19.1 Å². The largest absolute Gasteiger partial charge is 0.491 e. The topological polar surface area (TPSA) is 26.3 Å². The molecule has 0 radical (unpaired) electrons. The van der Waals surface area contributed by atoms with Crippen LogP contribution in [0.1, 0.15) is 48.7 Å². The molecule has 0 atom stereocenters. The van der Waals surface area contributed by atoms with E-state index in [0.29, 0.717) is 11.1 Å². The van der Waals surface area contributed by atoms with Crippen molar-refractivity contribution in [2.75, 3.05) is 0 Å². The van der Waals surface area contributed by atoms with E-state index in [9.17, 15) is 4.79 Å². The van der Waals surface area contributed by atoms with Crippen molar-refractivity contribution >= 4 is 5.78 Å². The van der Waals surface area contributed by atoms with Gasteiger partial charge in [-0.1, -0.05) is 67.9 Å². The molecule has 0 saturated heterocycles. The summed E-state index contributed by atoms with van der Waals surface area (Å²) in [7, 11) is 0. The summed E-state index contributed by atoms with van der Waals surface area (Å²) in [5.74, 6) is 0.922. The van der Waals surface area contributed by atoms with Gasteiger partial charge in [0.05, 0.1) is 6.10 Å². The van der Waals surface area contributed by atoms with Gasteiger partial charge in [-0.25, -0.2) is 0 Å². The summed E-state index contributed by atoms with van der Waals surface area (Å²) >= 11 is 0. The lowest BCUT2D eigenvalue weighted by atomic mass is 9.97. The summed E-state index contributed by atoms with van der Waals surface area (Å²) in [4.78, 5) is 12.9. The molecule has 0 heterocycles. The van der Waals surface area contributed by atoms with Gasteiger partial charge in [0.15, 0.2) is 5.78 Å². The van der Waals surface area contributed by atoms with E-state index in [0.717, 1.165) is 35.3 Å². The first-order valence-electron chi connectivity index (χ1n) is 9.58. The van der Waals surface area contributed by atoms with Crippen molar-refractivity contribution in [1.82, 2.24) is 0 Å². The summed E-state index contributed by atoms with van der Waals surface area (Å²) in [5.41, 5.74) is 4.77. The van der Waals surface area contributed by atoms with Gasteiger partial charge < -0.3 is 4.74 Å². The number of ether oxygens (including phenoxy) is 1. The number of carbonyl (C=O) groups is 1. The SMILES string of the molecule is CCCc1cc(C(=O)c2ccc(-c3ccccc3)cc2)ccc1OC(C)C. The van der Waals surface area contributed by atoms with Crippen LogP contribution in [0.4, 0.5) is 0 Å². The smallest absolute Gasteiger partial charge is 0.193 e. The number of aryl methyl sites for hydroxylation is 1. The molecule has 0 aliphatic carbocycles. The minimum Gasteiger partial charge on any atom is -0.491 e. The molecule has 3 rings (SSSR count). The maximum absolute atomic E-state index is 12.9. The zero-order valence-electron chi connectivity index (χ0n) is 16.2. The van der Waals surface area contributed by atoms with E-state index in [4.69, 9.17) is 4.74 Å². The first kappa shape index (κ1) is 18.9. The van der Waals surface area contributed by atoms with Gasteiger partial charge in [-0.15, -0.1) is 0 Å². The lowest BCUT2D eigenvalue weighted by Crippen LogP contribution is -2.09. The predicted molar refractivity (Wildman–Crippen MR) is 112 cm³/mol. The highest BCUT2D eigenvalue weighted by Crippen LogP contribution is 2.25. The van der Waals surface area contributed by atoms with E-state index in [1.165, 1.54) is 0 Å². The molecule has 138 valence electrons. The first-order valence-corrected chi connectivity index (χ1v) is 9.58. The molecule has 27 heavy (non-hydrogen) atoms. The summed E-state index contributed by atoms with van der Waals surface area (Å²) in [6.07, 6.45) is 2.03. The highest BCUT2D eigenvalue weighted by Gasteiger charge is 2.13. The fraction of sp³-hybridized carbons (Fsp3) is 0.240. The van der Waals surface area contributed by atoms with E-state index >= 15 is 0 Å². The average molecular weight is 358 g/mol. The van der Waals surface area contributed by atoms with E-state index in [1.54, 1.807) is 0 Å². The Bertz CT molecular complexity index is 893. The zero-order chi connectivity index (χ0) is 19.2. The molecule has 0 amide bonds. The molecule has 0 aliphatic heterocycles. The van der Waals surface area contributed by atoms with Crippen LogP contribution < -0.4 is 4.74 Å². The fourth-order valence-corrected chi connectivity index (χ4v) is 3.17. The third-order valence-electron chi connectivity index (χ3n) is 4.46. The predicted octanol–water partition coefficient (Wildman–Crippen LogP) is 6.32. The molecule has 0 spiro atoms. The Labute approximate surface area is 161 Å². The Morgan fingerprint density at radius 2 is 1.48 bits per heavy atom. The molecule has 0 fully saturated rings. The van der Waals surface area contributed by atoms with Gasteiger partial charge in [0.1, 0.15) is 5.75 Å². The van der Waals surface area contributed by atoms with Crippen molar-refractivity contribution in [2.24, 2.45) is 0 Å². The van der Waals surface area contributed by atoms with Crippen molar-refractivity contribution in [3.63, 3.8) is 0 Å². The van der Waals surface area contributed by atoms with Crippen LogP contribution in [-0.4, -0.2) is 11.9 Å². The molecular formula is C25H26O2. The second-order valence-electron chi connectivity index (χ2n) is 7.01. The summed E-state index contributed by atoms with van der Waals surface area (Å²) in [5, 5.41) is 0. The molecular weight excluding hydrogens is 332 g/mol. The van der Waals surface area contributed by atoms with Gasteiger partial charge in [-0.2, -0.15) is 0 Å². The number of ketones is 1. The third kappa shape index (κ3) is 4.65. The Hall–Kier alpha value is -2.87. The van der Waals surface area contributed by atoms with E-state index in [1.807, 2.05) is 74.5 Å². The number of rotatable bonds is 7. The van der Waals surface area contributed by atoms with Crippen LogP contribution in [0, 0.1) is 0 Å². The second kappa shape index (κ2) is 8.68. The molecule has 2 heteroatoms. The number of hydrogen-bond donors (Lipinski definition) is 0. The van der Waals surface area contributed by atoms with Crippen LogP contribution >= 0.6 is 0 Å². The van der Waals surface area contributed by atoms with Crippen molar-refractivity contribution < 1.29 is 9.53 Å². The lowest BCUT2D eigenvalue weighted by molar-refractivity contribution is 0.103. The number of carbonyl (C=O) groups excluding carboxylic acids is 1. The summed E-state index contributed by atoms with van der Waals surface area (Å²) < 4.78 is 5.89. The van der Waals surface area contributed by atoms with Gasteiger partial charge in [0, 0.05) is 11.1 Å². The molecule has 0 bridgehead atoms. The summed E-state index contributed by atoms with van der Waals surface area (Å²) in [6, 6.07) is 23.8. The Morgan fingerprint density at radius 3 is 2.11 bits per heavy atom. The molecule has 0 N–H and O–H groups in total. The van der Waals surface area contributed by atoms with Gasteiger partial charge in [0.25, 0.3) is 0 Å². The second-order valence-corrected chi connectivity index (χ2v) is 7.01. The minimum absolute atomic E-state index is 0.0445. The van der Waals surface area contributed by atoms with E-state index in [-0.39, 0.29) is 11.9 Å². The van der Waals surface area contributed by atoms with Crippen molar-refractivity contribution in [3.8, 4) is 16.9 Å². The van der Waals surface area contributed by atoms with Gasteiger partial charge >= 0.3 is 0 Å². The monoisotopic (exact) mass is 358 g/mol. The third-order valence-corrected chi connectivity index (χ3v) is 4.46. The standard InChI is InChI=1S/C25H26O2/c1-4-8-22-17-23(15-16-24(22)27-18(2)3)25(26)21-13-11-20(12-14-21)19-9-6-5-7-10-19/h5-7,9-18H,4,8H2,1-3H3. The quantitative estimate of drug-likeness (QED) is 0.462. The molecule has 0 aromatic heterocycles. The van der Waals surface area contributed by atoms with Gasteiger partial charge in [0.2, 0.25) is 0 Å². The van der Waals surface area contributed by atoms with Crippen LogP contribution in [0.25, 0.3) is 11.1 Å². The summed E-state index contributed by atoms with van der Waals surface area (Å²) in [6.45, 7) is 6.17. The zero-order valence-corrected chi connectivity index (χ0v) is 16.2. The minimum atomic E-state index is 0.0445. The highest BCUT2D eigenvalue weighted by molar-refractivity contribution is 6.09. The molecule has 0 aliphatic rings. The van der Waals surface area contributed by atoms with Gasteiger partial charge in [-0.3, -0.25) is 4.79 Å². The van der Waals surface area contributed by atoms with Crippen molar-refractivity contribution in [2.45, 2.75) is 39.7 Å². The van der Waals surface area contributed by atoms with Crippen molar-refractivity contribution in [3.05, 3.63) is 89.5 Å². The maximum atomic E-state index is 12.9. The van der Waals surface area contributed by atoms with Crippen LogP contribution in [-0.2, 0) is 6.42 Å². The molecule has 3 aromatic rings. The first-order chi connectivity index (χ1) is 13.1. The molecule has 0 saturated carbocycles.